The molecule has 1 fully saturated rings. The van der Waals surface area contributed by atoms with Gasteiger partial charge in [-0.2, -0.15) is 0 Å². The van der Waals surface area contributed by atoms with Crippen LogP contribution in [0.15, 0.2) is 30.3 Å². The highest BCUT2D eigenvalue weighted by Crippen LogP contribution is 2.22. The van der Waals surface area contributed by atoms with Crippen molar-refractivity contribution in [1.82, 2.24) is 5.32 Å². The molecule has 1 aromatic carbocycles. The third-order valence-electron chi connectivity index (χ3n) is 3.21. The van der Waals surface area contributed by atoms with Crippen LogP contribution in [0.4, 0.5) is 0 Å². The molecule has 2 rings (SSSR count). The van der Waals surface area contributed by atoms with Crippen molar-refractivity contribution in [3.05, 3.63) is 35.9 Å². The summed E-state index contributed by atoms with van der Waals surface area (Å²) in [7, 11) is 0. The Kier molecular flexibility index (Phi) is 4.69. The summed E-state index contributed by atoms with van der Waals surface area (Å²) in [5.41, 5.74) is 0.373. The van der Waals surface area contributed by atoms with E-state index < -0.39 is 43.2 Å². The van der Waals surface area contributed by atoms with Crippen LogP contribution in [0.5, 0.6) is 0 Å². The van der Waals surface area contributed by atoms with E-state index >= 15 is 0 Å². The number of hydrogen-bond donors (Lipinski definition) is 5. The van der Waals surface area contributed by atoms with Gasteiger partial charge in [-0.05, 0) is 12.1 Å². The standard InChI is InChI=1S/C13H17NO6/c15-6-8(16)11-10(17)9(13(19)20-11)14-12(18)7-4-2-1-3-5-7/h1-5,8-11,13,15-17,19H,6H2,(H,14,18)/t8-,9-,10-,11-,13-/m0/s1. The number of carbonyl (C=O) groups excluding carboxylic acids is 1. The Bertz CT molecular complexity index is 453. The monoisotopic (exact) mass is 283 g/mol. The van der Waals surface area contributed by atoms with E-state index in [9.17, 15) is 20.1 Å². The fourth-order valence-electron chi connectivity index (χ4n) is 2.10. The molecule has 1 amide bonds. The number of nitrogens with one attached hydrogen (secondary N) is 1. The zero-order chi connectivity index (χ0) is 14.7. The summed E-state index contributed by atoms with van der Waals surface area (Å²) >= 11 is 0. The van der Waals surface area contributed by atoms with Crippen molar-refractivity contribution in [3.63, 3.8) is 0 Å². The van der Waals surface area contributed by atoms with Gasteiger partial charge in [0.2, 0.25) is 0 Å². The van der Waals surface area contributed by atoms with Gasteiger partial charge in [-0.15, -0.1) is 0 Å². The average Bonchev–Trinajstić information content (AvgIpc) is 2.75. The van der Waals surface area contributed by atoms with Gasteiger partial charge in [0.1, 0.15) is 24.4 Å². The summed E-state index contributed by atoms with van der Waals surface area (Å²) in [6, 6.07) is 7.23. The van der Waals surface area contributed by atoms with Crippen molar-refractivity contribution in [1.29, 1.82) is 0 Å². The number of rotatable bonds is 4. The van der Waals surface area contributed by atoms with Gasteiger partial charge in [0.15, 0.2) is 6.29 Å². The molecule has 110 valence electrons. The predicted octanol–water partition coefficient (Wildman–Crippen LogP) is -1.78. The molecule has 0 bridgehead atoms. The van der Waals surface area contributed by atoms with Gasteiger partial charge in [-0.3, -0.25) is 4.79 Å². The smallest absolute Gasteiger partial charge is 0.251 e. The zero-order valence-electron chi connectivity index (χ0n) is 10.6. The number of amides is 1. The molecule has 0 spiro atoms. The lowest BCUT2D eigenvalue weighted by molar-refractivity contribution is -0.139. The molecular formula is C13H17NO6. The number of carbonyl (C=O) groups is 1. The van der Waals surface area contributed by atoms with Gasteiger partial charge in [-0.25, -0.2) is 0 Å². The van der Waals surface area contributed by atoms with E-state index in [0.29, 0.717) is 5.56 Å². The highest BCUT2D eigenvalue weighted by molar-refractivity contribution is 5.94. The predicted molar refractivity (Wildman–Crippen MR) is 67.7 cm³/mol. The molecule has 7 heteroatoms. The molecule has 0 unspecified atom stereocenters. The highest BCUT2D eigenvalue weighted by atomic mass is 16.6. The van der Waals surface area contributed by atoms with Gasteiger partial charge in [0, 0.05) is 5.56 Å². The van der Waals surface area contributed by atoms with Crippen LogP contribution in [0.2, 0.25) is 0 Å². The molecule has 7 nitrogen and oxygen atoms in total. The fourth-order valence-corrected chi connectivity index (χ4v) is 2.10. The molecule has 0 aromatic heterocycles. The van der Waals surface area contributed by atoms with Crippen LogP contribution in [0, 0.1) is 0 Å². The maximum atomic E-state index is 11.9. The van der Waals surface area contributed by atoms with Crippen molar-refractivity contribution in [2.45, 2.75) is 30.6 Å². The molecule has 1 aromatic rings. The number of ether oxygens (including phenoxy) is 1. The SMILES string of the molecule is O=C(N[C@H]1[C@H](O)[C@H]([C@@H](O)CO)O[C@@H]1O)c1ccccc1. The van der Waals surface area contributed by atoms with Crippen LogP contribution in [0.1, 0.15) is 10.4 Å². The van der Waals surface area contributed by atoms with Crippen LogP contribution < -0.4 is 5.32 Å². The van der Waals surface area contributed by atoms with Gasteiger partial charge >= 0.3 is 0 Å². The van der Waals surface area contributed by atoms with Crippen LogP contribution in [0.25, 0.3) is 0 Å². The Morgan fingerprint density at radius 2 is 1.95 bits per heavy atom. The Labute approximate surface area is 115 Å². The highest BCUT2D eigenvalue weighted by Gasteiger charge is 2.46. The van der Waals surface area contributed by atoms with E-state index in [-0.39, 0.29) is 0 Å². The van der Waals surface area contributed by atoms with Crippen LogP contribution in [-0.2, 0) is 4.74 Å². The minimum absolute atomic E-state index is 0.373. The molecule has 1 heterocycles. The van der Waals surface area contributed by atoms with E-state index in [0.717, 1.165) is 0 Å². The van der Waals surface area contributed by atoms with Crippen molar-refractivity contribution in [3.8, 4) is 0 Å². The van der Waals surface area contributed by atoms with Crippen LogP contribution in [0.3, 0.4) is 0 Å². The van der Waals surface area contributed by atoms with Gasteiger partial charge in [0.05, 0.1) is 6.61 Å². The molecule has 5 atom stereocenters. The van der Waals surface area contributed by atoms with E-state index in [4.69, 9.17) is 9.84 Å². The summed E-state index contributed by atoms with van der Waals surface area (Å²) in [4.78, 5) is 11.9. The van der Waals surface area contributed by atoms with Crippen molar-refractivity contribution < 1.29 is 30.0 Å². The summed E-state index contributed by atoms with van der Waals surface area (Å²) in [5, 5.41) is 40.4. The minimum Gasteiger partial charge on any atom is -0.394 e. The second-order valence-corrected chi connectivity index (χ2v) is 4.60. The Morgan fingerprint density at radius 3 is 2.55 bits per heavy atom. The summed E-state index contributed by atoms with van der Waals surface area (Å²) in [6.45, 7) is -0.617. The molecule has 1 aliphatic heterocycles. The number of aliphatic hydroxyl groups is 4. The fraction of sp³-hybridized carbons (Fsp3) is 0.462. The lowest BCUT2D eigenvalue weighted by atomic mass is 10.0. The van der Waals surface area contributed by atoms with Crippen molar-refractivity contribution in [2.24, 2.45) is 0 Å². The Balaban J connectivity index is 2.04. The van der Waals surface area contributed by atoms with Crippen molar-refractivity contribution in [2.75, 3.05) is 6.61 Å². The number of hydrogen-bond acceptors (Lipinski definition) is 6. The van der Waals surface area contributed by atoms with Crippen LogP contribution >= 0.6 is 0 Å². The molecule has 1 aliphatic rings. The third kappa shape index (κ3) is 2.97. The first-order valence-electron chi connectivity index (χ1n) is 6.21. The second-order valence-electron chi connectivity index (χ2n) is 4.60. The van der Waals surface area contributed by atoms with E-state index in [1.54, 1.807) is 30.3 Å². The maximum absolute atomic E-state index is 11.9. The maximum Gasteiger partial charge on any atom is 0.251 e. The minimum atomic E-state index is -1.45. The van der Waals surface area contributed by atoms with E-state index in [2.05, 4.69) is 5.32 Å². The summed E-state index contributed by atoms with van der Waals surface area (Å²) in [6.07, 6.45) is -5.27. The lowest BCUT2D eigenvalue weighted by Gasteiger charge is -2.21. The van der Waals surface area contributed by atoms with Crippen molar-refractivity contribution >= 4 is 5.91 Å². The first-order chi connectivity index (χ1) is 9.54. The average molecular weight is 283 g/mol. The van der Waals surface area contributed by atoms with Gasteiger partial charge < -0.3 is 30.5 Å². The Hall–Kier alpha value is -1.51. The first kappa shape index (κ1) is 14.9. The molecule has 1 saturated heterocycles. The normalized spacial score (nSPS) is 31.0. The molecule has 0 saturated carbocycles. The molecule has 0 radical (unpaired) electrons. The number of benzene rings is 1. The molecule has 0 aliphatic carbocycles. The van der Waals surface area contributed by atoms with E-state index in [1.807, 2.05) is 0 Å². The molecule has 5 N–H and O–H groups in total. The summed E-state index contributed by atoms with van der Waals surface area (Å²) < 4.78 is 4.96. The largest absolute Gasteiger partial charge is 0.394 e. The van der Waals surface area contributed by atoms with Crippen LogP contribution in [-0.4, -0.2) is 63.6 Å². The lowest BCUT2D eigenvalue weighted by Crippen LogP contribution is -2.49. The van der Waals surface area contributed by atoms with Gasteiger partial charge in [0.25, 0.3) is 5.91 Å². The summed E-state index contributed by atoms with van der Waals surface area (Å²) in [5.74, 6) is -0.476. The van der Waals surface area contributed by atoms with Gasteiger partial charge in [-0.1, -0.05) is 18.2 Å². The van der Waals surface area contributed by atoms with E-state index in [1.165, 1.54) is 0 Å². The quantitative estimate of drug-likeness (QED) is 0.445. The second kappa shape index (κ2) is 6.29. The Morgan fingerprint density at radius 1 is 1.30 bits per heavy atom. The molecule has 20 heavy (non-hydrogen) atoms. The molecular weight excluding hydrogens is 266 g/mol. The first-order valence-corrected chi connectivity index (χ1v) is 6.21. The topological polar surface area (TPSA) is 119 Å². The zero-order valence-corrected chi connectivity index (χ0v) is 10.6. The number of aliphatic hydroxyl groups excluding tert-OH is 4. The third-order valence-corrected chi connectivity index (χ3v) is 3.21.